The standard InChI is InChI=1S/C20H24N4O3/c1-16(25)21-14-18-8-7-17(13-20(18)24(26)27)15-22-9-11-23(12-10-22)19-5-3-2-4-6-19/h2-8,13H,9-12,14-15H2,1H3,(H,21,25). The highest BCUT2D eigenvalue weighted by atomic mass is 16.6. The van der Waals surface area contributed by atoms with Gasteiger partial charge in [0.1, 0.15) is 0 Å². The number of piperazine rings is 1. The monoisotopic (exact) mass is 368 g/mol. The molecule has 1 aliphatic rings. The van der Waals surface area contributed by atoms with Gasteiger partial charge in [-0.15, -0.1) is 0 Å². The zero-order valence-corrected chi connectivity index (χ0v) is 15.4. The van der Waals surface area contributed by atoms with E-state index in [4.69, 9.17) is 0 Å². The van der Waals surface area contributed by atoms with E-state index >= 15 is 0 Å². The third-order valence-corrected chi connectivity index (χ3v) is 4.77. The first-order valence-electron chi connectivity index (χ1n) is 9.06. The Balaban J connectivity index is 1.62. The molecule has 0 aliphatic carbocycles. The number of hydrogen-bond donors (Lipinski definition) is 1. The van der Waals surface area contributed by atoms with E-state index in [1.807, 2.05) is 24.3 Å². The summed E-state index contributed by atoms with van der Waals surface area (Å²) in [6.07, 6.45) is 0. The number of carbonyl (C=O) groups is 1. The normalized spacial score (nSPS) is 14.8. The molecule has 0 unspecified atom stereocenters. The summed E-state index contributed by atoms with van der Waals surface area (Å²) in [5, 5.41) is 14.0. The number of para-hydroxylation sites is 1. The van der Waals surface area contributed by atoms with Crippen LogP contribution in [0.25, 0.3) is 0 Å². The Hall–Kier alpha value is -2.93. The maximum atomic E-state index is 11.4. The minimum absolute atomic E-state index is 0.0594. The predicted molar refractivity (Wildman–Crippen MR) is 105 cm³/mol. The maximum absolute atomic E-state index is 11.4. The van der Waals surface area contributed by atoms with Gasteiger partial charge in [-0.1, -0.05) is 30.3 Å². The molecule has 3 rings (SSSR count). The molecule has 27 heavy (non-hydrogen) atoms. The summed E-state index contributed by atoms with van der Waals surface area (Å²) < 4.78 is 0. The highest BCUT2D eigenvalue weighted by Crippen LogP contribution is 2.22. The lowest BCUT2D eigenvalue weighted by molar-refractivity contribution is -0.385. The summed E-state index contributed by atoms with van der Waals surface area (Å²) in [6.45, 7) is 5.95. The van der Waals surface area contributed by atoms with E-state index in [1.165, 1.54) is 12.6 Å². The zero-order valence-electron chi connectivity index (χ0n) is 15.4. The molecule has 1 N–H and O–H groups in total. The molecule has 0 saturated carbocycles. The number of benzene rings is 2. The van der Waals surface area contributed by atoms with E-state index in [-0.39, 0.29) is 23.1 Å². The van der Waals surface area contributed by atoms with Crippen LogP contribution in [0.3, 0.4) is 0 Å². The fourth-order valence-electron chi connectivity index (χ4n) is 3.31. The van der Waals surface area contributed by atoms with Crippen molar-refractivity contribution in [1.82, 2.24) is 10.2 Å². The van der Waals surface area contributed by atoms with Gasteiger partial charge in [-0.25, -0.2) is 0 Å². The molecule has 1 heterocycles. The third kappa shape index (κ3) is 5.04. The van der Waals surface area contributed by atoms with E-state index in [1.54, 1.807) is 12.1 Å². The molecule has 0 radical (unpaired) electrons. The van der Waals surface area contributed by atoms with Gasteiger partial charge in [-0.05, 0) is 17.7 Å². The third-order valence-electron chi connectivity index (χ3n) is 4.77. The topological polar surface area (TPSA) is 78.7 Å². The van der Waals surface area contributed by atoms with E-state index < -0.39 is 0 Å². The van der Waals surface area contributed by atoms with Gasteiger partial charge in [0.2, 0.25) is 5.91 Å². The zero-order chi connectivity index (χ0) is 19.2. The number of nitrogens with one attached hydrogen (secondary N) is 1. The van der Waals surface area contributed by atoms with Gasteiger partial charge in [0.25, 0.3) is 5.69 Å². The lowest BCUT2D eigenvalue weighted by Gasteiger charge is -2.36. The lowest BCUT2D eigenvalue weighted by Crippen LogP contribution is -2.45. The fraction of sp³-hybridized carbons (Fsp3) is 0.350. The van der Waals surface area contributed by atoms with Crippen molar-refractivity contribution >= 4 is 17.3 Å². The second-order valence-electron chi connectivity index (χ2n) is 6.73. The van der Waals surface area contributed by atoms with Gasteiger partial charge in [-0.3, -0.25) is 19.8 Å². The number of anilines is 1. The first-order chi connectivity index (χ1) is 13.0. The van der Waals surface area contributed by atoms with Crippen LogP contribution in [0.1, 0.15) is 18.1 Å². The van der Waals surface area contributed by atoms with Crippen molar-refractivity contribution < 1.29 is 9.72 Å². The molecule has 0 aromatic heterocycles. The van der Waals surface area contributed by atoms with Crippen LogP contribution in [-0.4, -0.2) is 41.9 Å². The smallest absolute Gasteiger partial charge is 0.274 e. The molecule has 1 aliphatic heterocycles. The molecule has 0 spiro atoms. The van der Waals surface area contributed by atoms with Crippen molar-refractivity contribution in [2.75, 3.05) is 31.1 Å². The van der Waals surface area contributed by atoms with Gasteiger partial charge in [0.05, 0.1) is 4.92 Å². The number of nitro benzene ring substituents is 1. The Morgan fingerprint density at radius 3 is 2.44 bits per heavy atom. The number of rotatable bonds is 6. The van der Waals surface area contributed by atoms with Gasteiger partial charge in [-0.2, -0.15) is 0 Å². The molecule has 1 amide bonds. The van der Waals surface area contributed by atoms with Crippen LogP contribution in [0, 0.1) is 10.1 Å². The minimum atomic E-state index is -0.381. The van der Waals surface area contributed by atoms with Crippen LogP contribution >= 0.6 is 0 Å². The first-order valence-corrected chi connectivity index (χ1v) is 9.06. The lowest BCUT2D eigenvalue weighted by atomic mass is 10.1. The van der Waals surface area contributed by atoms with Crippen LogP contribution in [0.5, 0.6) is 0 Å². The SMILES string of the molecule is CC(=O)NCc1ccc(CN2CCN(c3ccccc3)CC2)cc1[N+](=O)[O-]. The van der Waals surface area contributed by atoms with Crippen molar-refractivity contribution in [3.8, 4) is 0 Å². The minimum Gasteiger partial charge on any atom is -0.369 e. The molecule has 142 valence electrons. The fourth-order valence-corrected chi connectivity index (χ4v) is 3.31. The summed E-state index contributed by atoms with van der Waals surface area (Å²) >= 11 is 0. The Bertz CT molecular complexity index is 802. The number of amides is 1. The average Bonchev–Trinajstić information content (AvgIpc) is 2.68. The van der Waals surface area contributed by atoms with Gasteiger partial charge < -0.3 is 10.2 Å². The number of nitro groups is 1. The van der Waals surface area contributed by atoms with Crippen molar-refractivity contribution in [3.05, 3.63) is 69.8 Å². The molecular formula is C20H24N4O3. The number of nitrogens with zero attached hydrogens (tertiary/aromatic N) is 3. The van der Waals surface area contributed by atoms with Crippen molar-refractivity contribution in [2.24, 2.45) is 0 Å². The summed E-state index contributed by atoms with van der Waals surface area (Å²) in [6, 6.07) is 15.6. The summed E-state index contributed by atoms with van der Waals surface area (Å²) in [7, 11) is 0. The predicted octanol–water partition coefficient (Wildman–Crippen LogP) is 2.55. The van der Waals surface area contributed by atoms with E-state index in [2.05, 4.69) is 27.2 Å². The van der Waals surface area contributed by atoms with Crippen LogP contribution in [0.15, 0.2) is 48.5 Å². The average molecular weight is 368 g/mol. The highest BCUT2D eigenvalue weighted by molar-refractivity contribution is 5.73. The second-order valence-corrected chi connectivity index (χ2v) is 6.73. The number of carbonyl (C=O) groups excluding carboxylic acids is 1. The van der Waals surface area contributed by atoms with Crippen molar-refractivity contribution in [1.29, 1.82) is 0 Å². The van der Waals surface area contributed by atoms with Gasteiger partial charge >= 0.3 is 0 Å². The van der Waals surface area contributed by atoms with Crippen LogP contribution < -0.4 is 10.2 Å². The second kappa shape index (κ2) is 8.64. The molecule has 7 nitrogen and oxygen atoms in total. The summed E-state index contributed by atoms with van der Waals surface area (Å²) in [4.78, 5) is 26.7. The Morgan fingerprint density at radius 1 is 1.11 bits per heavy atom. The summed E-state index contributed by atoms with van der Waals surface area (Å²) in [5.74, 6) is -0.204. The van der Waals surface area contributed by atoms with Crippen LogP contribution in [0.2, 0.25) is 0 Å². The molecule has 1 fully saturated rings. The van der Waals surface area contributed by atoms with E-state index in [0.717, 1.165) is 31.7 Å². The number of hydrogen-bond acceptors (Lipinski definition) is 5. The maximum Gasteiger partial charge on any atom is 0.274 e. The van der Waals surface area contributed by atoms with Gasteiger partial charge in [0.15, 0.2) is 0 Å². The summed E-state index contributed by atoms with van der Waals surface area (Å²) in [5.41, 5.74) is 2.73. The molecular weight excluding hydrogens is 344 g/mol. The molecule has 0 atom stereocenters. The van der Waals surface area contributed by atoms with Gasteiger partial charge in [0, 0.05) is 63.5 Å². The van der Waals surface area contributed by atoms with E-state index in [0.29, 0.717) is 12.1 Å². The van der Waals surface area contributed by atoms with Crippen LogP contribution in [0.4, 0.5) is 11.4 Å². The highest BCUT2D eigenvalue weighted by Gasteiger charge is 2.19. The van der Waals surface area contributed by atoms with Crippen LogP contribution in [-0.2, 0) is 17.9 Å². The quantitative estimate of drug-likeness (QED) is 0.626. The molecule has 2 aromatic carbocycles. The first kappa shape index (κ1) is 18.8. The van der Waals surface area contributed by atoms with Crippen molar-refractivity contribution in [3.63, 3.8) is 0 Å². The molecule has 2 aromatic rings. The Kier molecular flexibility index (Phi) is 6.03. The molecule has 1 saturated heterocycles. The Labute approximate surface area is 158 Å². The Morgan fingerprint density at radius 2 is 1.81 bits per heavy atom. The van der Waals surface area contributed by atoms with E-state index in [9.17, 15) is 14.9 Å². The largest absolute Gasteiger partial charge is 0.369 e. The molecule has 0 bridgehead atoms. The molecule has 7 heteroatoms. The van der Waals surface area contributed by atoms with Crippen molar-refractivity contribution in [2.45, 2.75) is 20.0 Å².